The zero-order valence-electron chi connectivity index (χ0n) is 14.4. The Balaban J connectivity index is 1.91. The van der Waals surface area contributed by atoms with Gasteiger partial charge in [0.2, 0.25) is 0 Å². The van der Waals surface area contributed by atoms with Gasteiger partial charge in [0.05, 0.1) is 6.54 Å². The SMILES string of the molecule is CC(C)=CC(=O)OCC(=O)N(C)Cc1ccc(-c2ccc(Cl)cc2)o1. The van der Waals surface area contributed by atoms with Gasteiger partial charge in [-0.1, -0.05) is 17.2 Å². The summed E-state index contributed by atoms with van der Waals surface area (Å²) < 4.78 is 10.7. The van der Waals surface area contributed by atoms with Gasteiger partial charge in [0.1, 0.15) is 11.5 Å². The number of carbonyl (C=O) groups is 2. The third-order valence-electron chi connectivity index (χ3n) is 3.35. The Kier molecular flexibility index (Phi) is 6.42. The number of benzene rings is 1. The van der Waals surface area contributed by atoms with E-state index in [1.807, 2.05) is 24.3 Å². The zero-order valence-corrected chi connectivity index (χ0v) is 15.2. The van der Waals surface area contributed by atoms with Crippen molar-refractivity contribution in [1.82, 2.24) is 4.90 Å². The molecule has 132 valence electrons. The molecule has 1 aromatic carbocycles. The lowest BCUT2D eigenvalue weighted by Gasteiger charge is -2.15. The lowest BCUT2D eigenvalue weighted by molar-refractivity contribution is -0.147. The summed E-state index contributed by atoms with van der Waals surface area (Å²) in [6.45, 7) is 3.55. The van der Waals surface area contributed by atoms with Gasteiger partial charge < -0.3 is 14.1 Å². The predicted molar refractivity (Wildman–Crippen MR) is 96.0 cm³/mol. The fraction of sp³-hybridized carbons (Fsp3) is 0.263. The Bertz CT molecular complexity index is 773. The highest BCUT2D eigenvalue weighted by atomic mass is 35.5. The number of halogens is 1. The molecule has 0 N–H and O–H groups in total. The van der Waals surface area contributed by atoms with E-state index >= 15 is 0 Å². The molecular formula is C19H20ClNO4. The van der Waals surface area contributed by atoms with Crippen molar-refractivity contribution in [2.75, 3.05) is 13.7 Å². The van der Waals surface area contributed by atoms with E-state index in [-0.39, 0.29) is 19.1 Å². The van der Waals surface area contributed by atoms with Gasteiger partial charge in [-0.25, -0.2) is 4.79 Å². The number of nitrogens with zero attached hydrogens (tertiary/aromatic N) is 1. The molecule has 2 rings (SSSR count). The van der Waals surface area contributed by atoms with Gasteiger partial charge in [0.25, 0.3) is 5.91 Å². The minimum absolute atomic E-state index is 0.284. The summed E-state index contributed by atoms with van der Waals surface area (Å²) in [5.41, 5.74) is 1.72. The lowest BCUT2D eigenvalue weighted by Crippen LogP contribution is -2.30. The first-order chi connectivity index (χ1) is 11.8. The Morgan fingerprint density at radius 1 is 1.16 bits per heavy atom. The van der Waals surface area contributed by atoms with Gasteiger partial charge in [-0.3, -0.25) is 4.79 Å². The van der Waals surface area contributed by atoms with E-state index in [2.05, 4.69) is 0 Å². The van der Waals surface area contributed by atoms with Crippen LogP contribution in [0, 0.1) is 0 Å². The normalized spacial score (nSPS) is 10.2. The Hall–Kier alpha value is -2.53. The Morgan fingerprint density at radius 2 is 1.84 bits per heavy atom. The van der Waals surface area contributed by atoms with Crippen LogP contribution in [-0.4, -0.2) is 30.4 Å². The number of amides is 1. The third-order valence-corrected chi connectivity index (χ3v) is 3.61. The fourth-order valence-electron chi connectivity index (χ4n) is 2.07. The molecule has 1 heterocycles. The van der Waals surface area contributed by atoms with Gasteiger partial charge in [-0.05, 0) is 50.2 Å². The first kappa shape index (κ1) is 18.8. The maximum atomic E-state index is 12.0. The van der Waals surface area contributed by atoms with Crippen molar-refractivity contribution in [3.8, 4) is 11.3 Å². The van der Waals surface area contributed by atoms with Crippen molar-refractivity contribution < 1.29 is 18.7 Å². The summed E-state index contributed by atoms with van der Waals surface area (Å²) >= 11 is 5.87. The number of esters is 1. The fourth-order valence-corrected chi connectivity index (χ4v) is 2.20. The number of allylic oxidation sites excluding steroid dienone is 1. The highest BCUT2D eigenvalue weighted by molar-refractivity contribution is 6.30. The van der Waals surface area contributed by atoms with Crippen molar-refractivity contribution in [1.29, 1.82) is 0 Å². The van der Waals surface area contributed by atoms with Crippen molar-refractivity contribution in [3.63, 3.8) is 0 Å². The minimum atomic E-state index is -0.523. The van der Waals surface area contributed by atoms with Gasteiger partial charge in [-0.15, -0.1) is 0 Å². The van der Waals surface area contributed by atoms with Crippen LogP contribution in [0.2, 0.25) is 5.02 Å². The standard InChI is InChI=1S/C19H20ClNO4/c1-13(2)10-19(23)24-12-18(22)21(3)11-16-8-9-17(25-16)14-4-6-15(20)7-5-14/h4-10H,11-12H2,1-3H3. The lowest BCUT2D eigenvalue weighted by atomic mass is 10.2. The van der Waals surface area contributed by atoms with Crippen LogP contribution in [0.15, 0.2) is 52.5 Å². The average Bonchev–Trinajstić information content (AvgIpc) is 3.01. The van der Waals surface area contributed by atoms with Crippen LogP contribution in [-0.2, 0) is 20.9 Å². The summed E-state index contributed by atoms with van der Waals surface area (Å²) in [5, 5.41) is 0.656. The summed E-state index contributed by atoms with van der Waals surface area (Å²) in [6, 6.07) is 10.9. The van der Waals surface area contributed by atoms with E-state index in [0.29, 0.717) is 16.5 Å². The van der Waals surface area contributed by atoms with Crippen molar-refractivity contribution in [3.05, 3.63) is 58.8 Å². The van der Waals surface area contributed by atoms with Crippen LogP contribution < -0.4 is 0 Å². The van der Waals surface area contributed by atoms with Crippen LogP contribution in [0.4, 0.5) is 0 Å². The molecule has 25 heavy (non-hydrogen) atoms. The number of carbonyl (C=O) groups excluding carboxylic acids is 2. The number of hydrogen-bond donors (Lipinski definition) is 0. The van der Waals surface area contributed by atoms with Gasteiger partial charge in [-0.2, -0.15) is 0 Å². The zero-order chi connectivity index (χ0) is 18.4. The molecule has 0 radical (unpaired) electrons. The largest absolute Gasteiger partial charge is 0.459 e. The first-order valence-corrected chi connectivity index (χ1v) is 8.13. The number of furan rings is 1. The average molecular weight is 362 g/mol. The van der Waals surface area contributed by atoms with E-state index < -0.39 is 5.97 Å². The second-order valence-electron chi connectivity index (χ2n) is 5.85. The Labute approximate surface area is 151 Å². The molecule has 0 aliphatic rings. The number of hydrogen-bond acceptors (Lipinski definition) is 4. The van der Waals surface area contributed by atoms with Gasteiger partial charge in [0, 0.05) is 23.7 Å². The monoisotopic (exact) mass is 361 g/mol. The third kappa shape index (κ3) is 5.80. The van der Waals surface area contributed by atoms with E-state index in [1.165, 1.54) is 11.0 Å². The second-order valence-corrected chi connectivity index (χ2v) is 6.29. The van der Waals surface area contributed by atoms with Crippen LogP contribution in [0.25, 0.3) is 11.3 Å². The molecule has 0 unspecified atom stereocenters. The summed E-state index contributed by atoms with van der Waals surface area (Å²) in [6.07, 6.45) is 1.35. The van der Waals surface area contributed by atoms with Crippen LogP contribution in [0.5, 0.6) is 0 Å². The van der Waals surface area contributed by atoms with Gasteiger partial charge >= 0.3 is 5.97 Å². The minimum Gasteiger partial charge on any atom is -0.459 e. The Morgan fingerprint density at radius 3 is 2.48 bits per heavy atom. The van der Waals surface area contributed by atoms with E-state index in [4.69, 9.17) is 20.8 Å². The summed E-state index contributed by atoms with van der Waals surface area (Å²) in [4.78, 5) is 24.9. The van der Waals surface area contributed by atoms with Crippen LogP contribution in [0.3, 0.4) is 0 Å². The van der Waals surface area contributed by atoms with Crippen LogP contribution in [0.1, 0.15) is 19.6 Å². The summed E-state index contributed by atoms with van der Waals surface area (Å²) in [5.74, 6) is 0.503. The molecule has 1 aromatic heterocycles. The van der Waals surface area contributed by atoms with E-state index in [1.54, 1.807) is 33.0 Å². The molecule has 0 aliphatic heterocycles. The number of rotatable bonds is 6. The predicted octanol–water partition coefficient (Wildman–Crippen LogP) is 4.07. The highest BCUT2D eigenvalue weighted by Crippen LogP contribution is 2.24. The molecule has 5 nitrogen and oxygen atoms in total. The second kappa shape index (κ2) is 8.53. The number of likely N-dealkylation sites (N-methyl/N-ethyl adjacent to an activating group) is 1. The molecule has 0 saturated carbocycles. The summed E-state index contributed by atoms with van der Waals surface area (Å²) in [7, 11) is 1.63. The highest BCUT2D eigenvalue weighted by Gasteiger charge is 2.14. The van der Waals surface area contributed by atoms with Crippen LogP contribution >= 0.6 is 11.6 Å². The molecular weight excluding hydrogens is 342 g/mol. The molecule has 2 aromatic rings. The molecule has 0 saturated heterocycles. The quantitative estimate of drug-likeness (QED) is 0.575. The maximum absolute atomic E-state index is 12.0. The number of ether oxygens (including phenoxy) is 1. The van der Waals surface area contributed by atoms with E-state index in [0.717, 1.165) is 11.1 Å². The molecule has 0 bridgehead atoms. The molecule has 0 fully saturated rings. The molecule has 1 amide bonds. The first-order valence-electron chi connectivity index (χ1n) is 7.75. The topological polar surface area (TPSA) is 59.8 Å². The van der Waals surface area contributed by atoms with Crippen molar-refractivity contribution in [2.45, 2.75) is 20.4 Å². The molecule has 6 heteroatoms. The molecule has 0 aliphatic carbocycles. The maximum Gasteiger partial charge on any atom is 0.331 e. The van der Waals surface area contributed by atoms with E-state index in [9.17, 15) is 9.59 Å². The molecule has 0 spiro atoms. The smallest absolute Gasteiger partial charge is 0.331 e. The van der Waals surface area contributed by atoms with Crippen molar-refractivity contribution in [2.24, 2.45) is 0 Å². The van der Waals surface area contributed by atoms with Crippen molar-refractivity contribution >= 4 is 23.5 Å². The molecule has 0 atom stereocenters. The van der Waals surface area contributed by atoms with Gasteiger partial charge in [0.15, 0.2) is 6.61 Å².